The number of nitrogens with zero attached hydrogens (tertiary/aromatic N) is 4. The summed E-state index contributed by atoms with van der Waals surface area (Å²) < 4.78 is 3.88. The maximum absolute atomic E-state index is 4.59. The Bertz CT molecular complexity index is 1050. The van der Waals surface area contributed by atoms with Gasteiger partial charge in [0.05, 0.1) is 17.6 Å². The third kappa shape index (κ3) is 3.62. The number of aromatic nitrogens is 4. The average Bonchev–Trinajstić information content (AvgIpc) is 3.37. The van der Waals surface area contributed by atoms with Crippen LogP contribution in [0.15, 0.2) is 73.2 Å². The maximum Gasteiger partial charge on any atom is 0.0648 e. The lowest BCUT2D eigenvalue weighted by molar-refractivity contribution is 0.570. The fourth-order valence-corrected chi connectivity index (χ4v) is 3.49. The van der Waals surface area contributed by atoms with Gasteiger partial charge in [-0.05, 0) is 62.2 Å². The number of nitrogens with one attached hydrogen (secondary N) is 1. The van der Waals surface area contributed by atoms with Gasteiger partial charge in [0.1, 0.15) is 0 Å². The molecular weight excluding hydrogens is 346 g/mol. The van der Waals surface area contributed by atoms with Crippen LogP contribution in [0.5, 0.6) is 0 Å². The van der Waals surface area contributed by atoms with Crippen LogP contribution >= 0.6 is 0 Å². The number of benzene rings is 2. The predicted molar refractivity (Wildman–Crippen MR) is 112 cm³/mol. The molecule has 0 aliphatic carbocycles. The molecule has 0 spiro atoms. The molecule has 142 valence electrons. The van der Waals surface area contributed by atoms with Crippen LogP contribution in [0.25, 0.3) is 11.4 Å². The number of hydrogen-bond acceptors (Lipinski definition) is 3. The van der Waals surface area contributed by atoms with Gasteiger partial charge >= 0.3 is 0 Å². The van der Waals surface area contributed by atoms with E-state index < -0.39 is 0 Å². The molecule has 28 heavy (non-hydrogen) atoms. The molecule has 1 unspecified atom stereocenters. The van der Waals surface area contributed by atoms with Crippen LogP contribution in [0.1, 0.15) is 35.3 Å². The van der Waals surface area contributed by atoms with Gasteiger partial charge in [-0.1, -0.05) is 24.3 Å². The number of hydrogen-bond donors (Lipinski definition) is 1. The van der Waals surface area contributed by atoms with Crippen LogP contribution in [-0.2, 0) is 6.54 Å². The van der Waals surface area contributed by atoms with Gasteiger partial charge in [-0.15, -0.1) is 0 Å². The van der Waals surface area contributed by atoms with Crippen LogP contribution < -0.4 is 5.32 Å². The smallest absolute Gasteiger partial charge is 0.0648 e. The summed E-state index contributed by atoms with van der Waals surface area (Å²) in [5.74, 6) is 0. The van der Waals surface area contributed by atoms with E-state index in [0.29, 0.717) is 0 Å². The van der Waals surface area contributed by atoms with Gasteiger partial charge in [-0.25, -0.2) is 9.36 Å². The molecule has 0 saturated heterocycles. The number of rotatable bonds is 6. The molecule has 0 aliphatic rings. The Balaban J connectivity index is 1.46. The number of aryl methyl sites for hydroxylation is 1. The number of para-hydroxylation sites is 1. The van der Waals surface area contributed by atoms with E-state index >= 15 is 0 Å². The van der Waals surface area contributed by atoms with E-state index in [4.69, 9.17) is 0 Å². The predicted octanol–water partition coefficient (Wildman–Crippen LogP) is 4.53. The van der Waals surface area contributed by atoms with Crippen molar-refractivity contribution in [2.75, 3.05) is 0 Å². The summed E-state index contributed by atoms with van der Waals surface area (Å²) in [5, 5.41) is 12.5. The molecular formula is C23H25N5. The summed E-state index contributed by atoms with van der Waals surface area (Å²) in [6.45, 7) is 7.26. The molecule has 0 aliphatic heterocycles. The van der Waals surface area contributed by atoms with Crippen molar-refractivity contribution in [1.29, 1.82) is 0 Å². The fourth-order valence-electron chi connectivity index (χ4n) is 3.49. The average molecular weight is 371 g/mol. The van der Waals surface area contributed by atoms with Gasteiger partial charge in [-0.3, -0.25) is 0 Å². The van der Waals surface area contributed by atoms with Gasteiger partial charge in [0.15, 0.2) is 0 Å². The molecule has 5 heteroatoms. The second-order valence-electron chi connectivity index (χ2n) is 7.10. The van der Waals surface area contributed by atoms with Crippen molar-refractivity contribution in [2.24, 2.45) is 0 Å². The normalized spacial score (nSPS) is 12.2. The molecule has 4 aromatic rings. The third-order valence-electron chi connectivity index (χ3n) is 5.21. The molecule has 4 rings (SSSR count). The highest BCUT2D eigenvalue weighted by atomic mass is 15.3. The van der Waals surface area contributed by atoms with Crippen LogP contribution in [0.3, 0.4) is 0 Å². The minimum Gasteiger partial charge on any atom is -0.306 e. The molecule has 0 bridgehead atoms. The van der Waals surface area contributed by atoms with Gasteiger partial charge < -0.3 is 5.32 Å². The van der Waals surface area contributed by atoms with E-state index in [9.17, 15) is 0 Å². The summed E-state index contributed by atoms with van der Waals surface area (Å²) in [5.41, 5.74) is 7.09. The SMILES string of the molecule is Cc1cc(-n2cccn2)ccc1CNC(C)c1cnn(-c2ccccc2)c1C. The Morgan fingerprint density at radius 3 is 2.50 bits per heavy atom. The highest BCUT2D eigenvalue weighted by molar-refractivity contribution is 5.40. The Morgan fingerprint density at radius 1 is 0.964 bits per heavy atom. The van der Waals surface area contributed by atoms with Gasteiger partial charge in [0.25, 0.3) is 0 Å². The minimum absolute atomic E-state index is 0.211. The van der Waals surface area contributed by atoms with Crippen molar-refractivity contribution in [2.45, 2.75) is 33.4 Å². The Hall–Kier alpha value is -3.18. The van der Waals surface area contributed by atoms with Crippen LogP contribution in [-0.4, -0.2) is 19.6 Å². The van der Waals surface area contributed by atoms with Crippen molar-refractivity contribution in [1.82, 2.24) is 24.9 Å². The quantitative estimate of drug-likeness (QED) is 0.542. The van der Waals surface area contributed by atoms with Gasteiger partial charge in [0.2, 0.25) is 0 Å². The lowest BCUT2D eigenvalue weighted by Gasteiger charge is -2.16. The van der Waals surface area contributed by atoms with Crippen molar-refractivity contribution in [3.63, 3.8) is 0 Å². The van der Waals surface area contributed by atoms with E-state index in [1.807, 2.05) is 46.0 Å². The zero-order valence-electron chi connectivity index (χ0n) is 16.5. The minimum atomic E-state index is 0.211. The highest BCUT2D eigenvalue weighted by Crippen LogP contribution is 2.21. The molecule has 2 aromatic heterocycles. The van der Waals surface area contributed by atoms with E-state index in [0.717, 1.165) is 23.6 Å². The Kier molecular flexibility index (Phi) is 5.08. The molecule has 2 heterocycles. The van der Waals surface area contributed by atoms with E-state index in [1.54, 1.807) is 6.20 Å². The molecule has 0 saturated carbocycles. The van der Waals surface area contributed by atoms with Gasteiger partial charge in [0, 0.05) is 36.2 Å². The Labute approximate surface area is 165 Å². The van der Waals surface area contributed by atoms with Gasteiger partial charge in [-0.2, -0.15) is 10.2 Å². The lowest BCUT2D eigenvalue weighted by atomic mass is 10.1. The standard InChI is InChI=1S/C23H25N5/c1-17-14-22(27-13-7-12-25-27)11-10-20(17)15-24-18(2)23-16-26-28(19(23)3)21-8-5-4-6-9-21/h4-14,16,18,24H,15H2,1-3H3. The first-order chi connectivity index (χ1) is 13.6. The Morgan fingerprint density at radius 2 is 1.79 bits per heavy atom. The van der Waals surface area contributed by atoms with Crippen molar-refractivity contribution < 1.29 is 0 Å². The molecule has 0 radical (unpaired) electrons. The first-order valence-electron chi connectivity index (χ1n) is 9.56. The fraction of sp³-hybridized carbons (Fsp3) is 0.217. The molecule has 1 N–H and O–H groups in total. The molecule has 0 fully saturated rings. The second-order valence-corrected chi connectivity index (χ2v) is 7.10. The third-order valence-corrected chi connectivity index (χ3v) is 5.21. The van der Waals surface area contributed by atoms with Crippen molar-refractivity contribution >= 4 is 0 Å². The van der Waals surface area contributed by atoms with E-state index in [-0.39, 0.29) is 6.04 Å². The monoisotopic (exact) mass is 371 g/mol. The first kappa shape index (κ1) is 18.2. The molecule has 5 nitrogen and oxygen atoms in total. The second kappa shape index (κ2) is 7.82. The van der Waals surface area contributed by atoms with E-state index in [1.165, 1.54) is 16.7 Å². The highest BCUT2D eigenvalue weighted by Gasteiger charge is 2.14. The summed E-state index contributed by atoms with van der Waals surface area (Å²) in [6.07, 6.45) is 5.72. The lowest BCUT2D eigenvalue weighted by Crippen LogP contribution is -2.19. The summed E-state index contributed by atoms with van der Waals surface area (Å²) in [7, 11) is 0. The summed E-state index contributed by atoms with van der Waals surface area (Å²) >= 11 is 0. The summed E-state index contributed by atoms with van der Waals surface area (Å²) in [4.78, 5) is 0. The van der Waals surface area contributed by atoms with Crippen LogP contribution in [0.4, 0.5) is 0 Å². The maximum atomic E-state index is 4.59. The molecule has 0 amide bonds. The van der Waals surface area contributed by atoms with Crippen molar-refractivity contribution in [3.8, 4) is 11.4 Å². The van der Waals surface area contributed by atoms with Crippen LogP contribution in [0.2, 0.25) is 0 Å². The van der Waals surface area contributed by atoms with Crippen LogP contribution in [0, 0.1) is 13.8 Å². The van der Waals surface area contributed by atoms with Crippen molar-refractivity contribution in [3.05, 3.63) is 95.6 Å². The van der Waals surface area contributed by atoms with E-state index in [2.05, 4.69) is 66.6 Å². The zero-order valence-corrected chi connectivity index (χ0v) is 16.5. The summed E-state index contributed by atoms with van der Waals surface area (Å²) in [6, 6.07) is 18.8. The topological polar surface area (TPSA) is 47.7 Å². The largest absolute Gasteiger partial charge is 0.306 e. The first-order valence-corrected chi connectivity index (χ1v) is 9.56. The zero-order chi connectivity index (χ0) is 19.5. The molecule has 2 aromatic carbocycles. The molecule has 1 atom stereocenters.